The predicted molar refractivity (Wildman–Crippen MR) is 93.9 cm³/mol. The van der Waals surface area contributed by atoms with Crippen LogP contribution in [0, 0.1) is 6.92 Å². The molecule has 1 aromatic carbocycles. The molecule has 1 aliphatic rings. The molecule has 1 aromatic rings. The van der Waals surface area contributed by atoms with Crippen molar-refractivity contribution >= 4 is 28.2 Å². The van der Waals surface area contributed by atoms with E-state index in [1.165, 1.54) is 6.07 Å². The summed E-state index contributed by atoms with van der Waals surface area (Å²) in [5.74, 6) is -0.120. The molecule has 130 valence electrons. The Morgan fingerprint density at radius 1 is 1.35 bits per heavy atom. The van der Waals surface area contributed by atoms with Crippen molar-refractivity contribution in [1.82, 2.24) is 4.90 Å². The van der Waals surface area contributed by atoms with E-state index in [0.717, 1.165) is 31.1 Å². The smallest absolute Gasteiger partial charge is 0.254 e. The van der Waals surface area contributed by atoms with E-state index in [9.17, 15) is 13.2 Å². The zero-order valence-electron chi connectivity index (χ0n) is 13.8. The average Bonchev–Trinajstić information content (AvgIpc) is 2.45. The van der Waals surface area contributed by atoms with Gasteiger partial charge in [-0.15, -0.1) is 12.4 Å². The van der Waals surface area contributed by atoms with E-state index in [4.69, 9.17) is 5.73 Å². The molecule has 1 heterocycles. The van der Waals surface area contributed by atoms with Crippen LogP contribution in [-0.2, 0) is 9.84 Å². The number of halogens is 1. The topological polar surface area (TPSA) is 80.5 Å². The second-order valence-corrected chi connectivity index (χ2v) is 8.19. The summed E-state index contributed by atoms with van der Waals surface area (Å²) in [6, 6.07) is 4.64. The molecule has 1 fully saturated rings. The number of benzene rings is 1. The van der Waals surface area contributed by atoms with Gasteiger partial charge in [0.15, 0.2) is 9.84 Å². The Labute approximate surface area is 144 Å². The number of nitrogens with zero attached hydrogens (tertiary/aromatic N) is 1. The van der Waals surface area contributed by atoms with E-state index in [0.29, 0.717) is 12.1 Å². The average molecular weight is 361 g/mol. The molecule has 0 radical (unpaired) electrons. The summed E-state index contributed by atoms with van der Waals surface area (Å²) in [6.07, 6.45) is 4.07. The highest BCUT2D eigenvalue weighted by atomic mass is 35.5. The fraction of sp³-hybridized carbons (Fsp3) is 0.562. The van der Waals surface area contributed by atoms with Crippen molar-refractivity contribution in [3.8, 4) is 0 Å². The number of nitrogens with two attached hydrogens (primary N) is 1. The van der Waals surface area contributed by atoms with Crippen LogP contribution in [0.1, 0.15) is 42.1 Å². The Hall–Kier alpha value is -1.11. The van der Waals surface area contributed by atoms with Crippen LogP contribution in [0.5, 0.6) is 0 Å². The maximum atomic E-state index is 12.9. The van der Waals surface area contributed by atoms with Crippen molar-refractivity contribution in [2.45, 2.75) is 50.1 Å². The molecule has 2 rings (SSSR count). The third kappa shape index (κ3) is 4.46. The largest absolute Gasteiger partial charge is 0.334 e. The molecule has 0 aliphatic carbocycles. The van der Waals surface area contributed by atoms with Gasteiger partial charge in [0.05, 0.1) is 4.90 Å². The number of hydrogen-bond donors (Lipinski definition) is 1. The normalized spacial score (nSPS) is 19.8. The van der Waals surface area contributed by atoms with Gasteiger partial charge in [0, 0.05) is 30.4 Å². The molecule has 1 amide bonds. The summed E-state index contributed by atoms with van der Waals surface area (Å²) >= 11 is 0. The van der Waals surface area contributed by atoms with E-state index >= 15 is 0 Å². The maximum absolute atomic E-state index is 12.9. The lowest BCUT2D eigenvalue weighted by atomic mass is 9.95. The third-order valence-electron chi connectivity index (χ3n) is 4.28. The lowest BCUT2D eigenvalue weighted by Crippen LogP contribution is -2.51. The summed E-state index contributed by atoms with van der Waals surface area (Å²) in [7, 11) is -3.33. The van der Waals surface area contributed by atoms with Crippen molar-refractivity contribution in [3.63, 3.8) is 0 Å². The first kappa shape index (κ1) is 19.9. The van der Waals surface area contributed by atoms with Crippen LogP contribution in [0.15, 0.2) is 23.1 Å². The number of carbonyl (C=O) groups excluding carboxylic acids is 1. The lowest BCUT2D eigenvalue weighted by molar-refractivity contribution is 0.0583. The molecule has 1 aliphatic heterocycles. The Morgan fingerprint density at radius 2 is 2.00 bits per heavy atom. The molecule has 0 saturated carbocycles. The minimum atomic E-state index is -3.33. The van der Waals surface area contributed by atoms with Crippen molar-refractivity contribution in [2.75, 3.05) is 12.8 Å². The molecular formula is C16H25ClN2O3S. The van der Waals surface area contributed by atoms with Gasteiger partial charge in [-0.3, -0.25) is 4.79 Å². The highest BCUT2D eigenvalue weighted by molar-refractivity contribution is 7.90. The first-order valence-electron chi connectivity index (χ1n) is 7.59. The number of sulfone groups is 1. The zero-order chi connectivity index (χ0) is 16.5. The van der Waals surface area contributed by atoms with Crippen LogP contribution in [0.2, 0.25) is 0 Å². The molecule has 0 aromatic heterocycles. The van der Waals surface area contributed by atoms with Gasteiger partial charge in [0.1, 0.15) is 0 Å². The number of piperidine rings is 1. The minimum absolute atomic E-state index is 0. The lowest BCUT2D eigenvalue weighted by Gasteiger charge is -2.38. The number of likely N-dealkylation sites (tertiary alicyclic amines) is 1. The van der Waals surface area contributed by atoms with E-state index < -0.39 is 9.84 Å². The summed E-state index contributed by atoms with van der Waals surface area (Å²) in [5.41, 5.74) is 7.26. The predicted octanol–water partition coefficient (Wildman–Crippen LogP) is 2.16. The van der Waals surface area contributed by atoms with Crippen LogP contribution in [0.25, 0.3) is 0 Å². The van der Waals surface area contributed by atoms with Crippen LogP contribution in [-0.4, -0.2) is 44.1 Å². The van der Waals surface area contributed by atoms with Gasteiger partial charge < -0.3 is 10.6 Å². The van der Waals surface area contributed by atoms with Gasteiger partial charge in [-0.2, -0.15) is 0 Å². The molecule has 2 atom stereocenters. The molecular weight excluding hydrogens is 336 g/mol. The highest BCUT2D eigenvalue weighted by Gasteiger charge is 2.30. The van der Waals surface area contributed by atoms with Crippen molar-refractivity contribution in [2.24, 2.45) is 5.73 Å². The van der Waals surface area contributed by atoms with Gasteiger partial charge in [0.2, 0.25) is 0 Å². The van der Waals surface area contributed by atoms with E-state index in [1.807, 2.05) is 18.7 Å². The van der Waals surface area contributed by atoms with Gasteiger partial charge in [-0.05, 0) is 50.8 Å². The number of aryl methyl sites for hydroxylation is 1. The molecule has 7 heteroatoms. The molecule has 2 unspecified atom stereocenters. The van der Waals surface area contributed by atoms with E-state index in [2.05, 4.69) is 0 Å². The summed E-state index contributed by atoms with van der Waals surface area (Å²) in [4.78, 5) is 14.9. The summed E-state index contributed by atoms with van der Waals surface area (Å²) < 4.78 is 23.4. The zero-order valence-corrected chi connectivity index (χ0v) is 15.4. The van der Waals surface area contributed by atoms with Crippen molar-refractivity contribution in [3.05, 3.63) is 29.3 Å². The minimum Gasteiger partial charge on any atom is -0.334 e. The third-order valence-corrected chi connectivity index (χ3v) is 5.39. The number of hydrogen-bond acceptors (Lipinski definition) is 4. The molecule has 2 N–H and O–H groups in total. The molecule has 1 saturated heterocycles. The first-order chi connectivity index (χ1) is 10.2. The SMILES string of the molecule is Cc1ccc(S(C)(=O)=O)cc1C(=O)N1CCCCC1C(C)N.Cl. The molecule has 0 bridgehead atoms. The van der Waals surface area contributed by atoms with Gasteiger partial charge in [0.25, 0.3) is 5.91 Å². The first-order valence-corrected chi connectivity index (χ1v) is 9.48. The second kappa shape index (κ2) is 7.64. The highest BCUT2D eigenvalue weighted by Crippen LogP contribution is 2.24. The number of amides is 1. The molecule has 0 spiro atoms. The Bertz CT molecular complexity index is 674. The standard InChI is InChI=1S/C16H24N2O3S.ClH/c1-11-7-8-13(22(3,20)21)10-14(11)16(19)18-9-5-4-6-15(18)12(2)17;/h7-8,10,12,15H,4-6,9,17H2,1-3H3;1H. The van der Waals surface area contributed by atoms with Crippen LogP contribution in [0.4, 0.5) is 0 Å². The Kier molecular flexibility index (Phi) is 6.62. The number of rotatable bonds is 3. The van der Waals surface area contributed by atoms with Crippen molar-refractivity contribution in [1.29, 1.82) is 0 Å². The Morgan fingerprint density at radius 3 is 2.57 bits per heavy atom. The maximum Gasteiger partial charge on any atom is 0.254 e. The summed E-state index contributed by atoms with van der Waals surface area (Å²) in [5, 5.41) is 0. The Balaban J connectivity index is 0.00000264. The summed E-state index contributed by atoms with van der Waals surface area (Å²) in [6.45, 7) is 4.41. The fourth-order valence-electron chi connectivity index (χ4n) is 2.97. The van der Waals surface area contributed by atoms with Crippen LogP contribution in [0.3, 0.4) is 0 Å². The van der Waals surface area contributed by atoms with Crippen LogP contribution >= 0.6 is 12.4 Å². The van der Waals surface area contributed by atoms with E-state index in [1.54, 1.807) is 12.1 Å². The molecule has 5 nitrogen and oxygen atoms in total. The number of carbonyl (C=O) groups is 1. The van der Waals surface area contributed by atoms with Gasteiger partial charge >= 0.3 is 0 Å². The fourth-order valence-corrected chi connectivity index (χ4v) is 3.62. The van der Waals surface area contributed by atoms with Crippen molar-refractivity contribution < 1.29 is 13.2 Å². The molecule has 23 heavy (non-hydrogen) atoms. The quantitative estimate of drug-likeness (QED) is 0.895. The van der Waals surface area contributed by atoms with Crippen LogP contribution < -0.4 is 5.73 Å². The van der Waals surface area contributed by atoms with Gasteiger partial charge in [-0.1, -0.05) is 6.07 Å². The van der Waals surface area contributed by atoms with Gasteiger partial charge in [-0.25, -0.2) is 8.42 Å². The monoisotopic (exact) mass is 360 g/mol. The second-order valence-electron chi connectivity index (χ2n) is 6.17. The van der Waals surface area contributed by atoms with E-state index in [-0.39, 0.29) is 35.3 Å².